The maximum atomic E-state index is 11.7. The Balaban J connectivity index is 2.26. The molecule has 1 aromatic carbocycles. The largest absolute Gasteiger partial charge is 0.398 e. The van der Waals surface area contributed by atoms with E-state index >= 15 is 0 Å². The molecular weight excluding hydrogens is 244 g/mol. The normalized spacial score (nSPS) is 10.4. The molecule has 0 unspecified atom stereocenters. The van der Waals surface area contributed by atoms with Gasteiger partial charge in [0.05, 0.1) is 26.2 Å². The number of anilines is 2. The van der Waals surface area contributed by atoms with Crippen molar-refractivity contribution < 1.29 is 14.3 Å². The molecule has 0 atom stereocenters. The average Bonchev–Trinajstić information content (AvgIpc) is 2.39. The molecule has 106 valence electrons. The smallest absolute Gasteiger partial charge is 0.226 e. The lowest BCUT2D eigenvalue weighted by Crippen LogP contribution is -2.16. The number of carbonyl (C=O) groups excluding carboxylic acids is 1. The molecule has 0 fully saturated rings. The van der Waals surface area contributed by atoms with Crippen molar-refractivity contribution in [1.82, 2.24) is 0 Å². The number of nitrogens with one attached hydrogen (secondary N) is 1. The minimum Gasteiger partial charge on any atom is -0.398 e. The molecule has 1 amide bonds. The SMILES string of the molecule is CCOCCOCCC(=O)Nc1cccc(N)c1C. The fourth-order valence-corrected chi connectivity index (χ4v) is 1.53. The van der Waals surface area contributed by atoms with Gasteiger partial charge in [-0.15, -0.1) is 0 Å². The summed E-state index contributed by atoms with van der Waals surface area (Å²) in [5, 5.41) is 2.82. The summed E-state index contributed by atoms with van der Waals surface area (Å²) in [7, 11) is 0. The van der Waals surface area contributed by atoms with E-state index in [4.69, 9.17) is 15.2 Å². The van der Waals surface area contributed by atoms with E-state index in [2.05, 4.69) is 5.32 Å². The summed E-state index contributed by atoms with van der Waals surface area (Å²) in [6.45, 7) is 5.95. The first-order valence-electron chi connectivity index (χ1n) is 6.45. The maximum absolute atomic E-state index is 11.7. The van der Waals surface area contributed by atoms with Gasteiger partial charge in [-0.2, -0.15) is 0 Å². The van der Waals surface area contributed by atoms with Crippen LogP contribution >= 0.6 is 0 Å². The number of carbonyl (C=O) groups is 1. The van der Waals surface area contributed by atoms with Crippen LogP contribution < -0.4 is 11.1 Å². The van der Waals surface area contributed by atoms with Gasteiger partial charge in [0.25, 0.3) is 0 Å². The molecule has 5 heteroatoms. The number of hydrogen-bond donors (Lipinski definition) is 2. The Kier molecular flexibility index (Phi) is 6.92. The minimum absolute atomic E-state index is 0.0786. The summed E-state index contributed by atoms with van der Waals surface area (Å²) in [6.07, 6.45) is 0.320. The summed E-state index contributed by atoms with van der Waals surface area (Å²) in [6, 6.07) is 5.46. The molecule has 0 aliphatic carbocycles. The van der Waals surface area contributed by atoms with Crippen LogP contribution in [0.25, 0.3) is 0 Å². The number of amides is 1. The molecule has 0 aliphatic heterocycles. The number of nitrogens with two attached hydrogens (primary N) is 1. The van der Waals surface area contributed by atoms with E-state index in [0.29, 0.717) is 38.5 Å². The zero-order valence-corrected chi connectivity index (χ0v) is 11.6. The van der Waals surface area contributed by atoms with Crippen LogP contribution in [0.4, 0.5) is 11.4 Å². The molecular formula is C14H22N2O3. The Morgan fingerprint density at radius 2 is 2.00 bits per heavy atom. The average molecular weight is 266 g/mol. The molecule has 5 nitrogen and oxygen atoms in total. The third kappa shape index (κ3) is 5.72. The van der Waals surface area contributed by atoms with Gasteiger partial charge in [-0.1, -0.05) is 6.07 Å². The van der Waals surface area contributed by atoms with E-state index in [0.717, 1.165) is 11.3 Å². The molecule has 0 saturated heterocycles. The molecule has 0 aliphatic rings. The Labute approximate surface area is 114 Å². The lowest BCUT2D eigenvalue weighted by atomic mass is 10.1. The molecule has 0 heterocycles. The van der Waals surface area contributed by atoms with Crippen molar-refractivity contribution in [2.45, 2.75) is 20.3 Å². The zero-order valence-electron chi connectivity index (χ0n) is 11.6. The molecule has 1 rings (SSSR count). The highest BCUT2D eigenvalue weighted by Crippen LogP contribution is 2.20. The summed E-state index contributed by atoms with van der Waals surface area (Å²) < 4.78 is 10.4. The minimum atomic E-state index is -0.0786. The number of rotatable bonds is 8. The van der Waals surface area contributed by atoms with Gasteiger partial charge in [0.2, 0.25) is 5.91 Å². The van der Waals surface area contributed by atoms with Crippen molar-refractivity contribution in [1.29, 1.82) is 0 Å². The highest BCUT2D eigenvalue weighted by Gasteiger charge is 2.06. The third-order valence-electron chi connectivity index (χ3n) is 2.70. The highest BCUT2D eigenvalue weighted by molar-refractivity contribution is 5.92. The standard InChI is InChI=1S/C14H22N2O3/c1-3-18-9-10-19-8-7-14(17)16-13-6-4-5-12(15)11(13)2/h4-6H,3,7-10,15H2,1-2H3,(H,16,17). The van der Waals surface area contributed by atoms with Crippen molar-refractivity contribution >= 4 is 17.3 Å². The Hall–Kier alpha value is -1.59. The zero-order chi connectivity index (χ0) is 14.1. The van der Waals surface area contributed by atoms with Crippen LogP contribution in [0.5, 0.6) is 0 Å². The van der Waals surface area contributed by atoms with Crippen LogP contribution in [0.3, 0.4) is 0 Å². The van der Waals surface area contributed by atoms with Gasteiger partial charge in [0, 0.05) is 18.0 Å². The van der Waals surface area contributed by atoms with E-state index in [1.807, 2.05) is 32.0 Å². The van der Waals surface area contributed by atoms with Gasteiger partial charge in [0.15, 0.2) is 0 Å². The fraction of sp³-hybridized carbons (Fsp3) is 0.500. The lowest BCUT2D eigenvalue weighted by Gasteiger charge is -2.10. The second kappa shape index (κ2) is 8.50. The van der Waals surface area contributed by atoms with Gasteiger partial charge in [-0.25, -0.2) is 0 Å². The Morgan fingerprint density at radius 1 is 1.26 bits per heavy atom. The monoisotopic (exact) mass is 266 g/mol. The first-order chi connectivity index (χ1) is 9.15. The van der Waals surface area contributed by atoms with Crippen LogP contribution in [-0.4, -0.2) is 32.3 Å². The lowest BCUT2D eigenvalue weighted by molar-refractivity contribution is -0.117. The van der Waals surface area contributed by atoms with Crippen LogP contribution in [0.2, 0.25) is 0 Å². The van der Waals surface area contributed by atoms with E-state index in [9.17, 15) is 4.79 Å². The first kappa shape index (κ1) is 15.5. The summed E-state index contributed by atoms with van der Waals surface area (Å²) in [5.74, 6) is -0.0786. The van der Waals surface area contributed by atoms with Crippen molar-refractivity contribution in [2.24, 2.45) is 0 Å². The topological polar surface area (TPSA) is 73.6 Å². The molecule has 19 heavy (non-hydrogen) atoms. The highest BCUT2D eigenvalue weighted by atomic mass is 16.5. The molecule has 0 spiro atoms. The Morgan fingerprint density at radius 3 is 2.74 bits per heavy atom. The van der Waals surface area contributed by atoms with E-state index < -0.39 is 0 Å². The second-order valence-electron chi connectivity index (χ2n) is 4.13. The Bertz CT molecular complexity index is 408. The van der Waals surface area contributed by atoms with Crippen molar-refractivity contribution in [3.63, 3.8) is 0 Å². The molecule has 0 bridgehead atoms. The van der Waals surface area contributed by atoms with Crippen molar-refractivity contribution in [3.05, 3.63) is 23.8 Å². The fourth-order valence-electron chi connectivity index (χ4n) is 1.53. The van der Waals surface area contributed by atoms with E-state index in [1.165, 1.54) is 0 Å². The van der Waals surface area contributed by atoms with Gasteiger partial charge in [0.1, 0.15) is 0 Å². The van der Waals surface area contributed by atoms with E-state index in [1.54, 1.807) is 0 Å². The number of hydrogen-bond acceptors (Lipinski definition) is 4. The molecule has 3 N–H and O–H groups in total. The summed E-state index contributed by atoms with van der Waals surface area (Å²) in [4.78, 5) is 11.7. The quantitative estimate of drug-likeness (QED) is 0.557. The predicted molar refractivity (Wildman–Crippen MR) is 76.2 cm³/mol. The number of nitrogen functional groups attached to an aromatic ring is 1. The third-order valence-corrected chi connectivity index (χ3v) is 2.70. The molecule has 1 aromatic rings. The predicted octanol–water partition coefficient (Wildman–Crippen LogP) is 1.96. The van der Waals surface area contributed by atoms with Gasteiger partial charge >= 0.3 is 0 Å². The van der Waals surface area contributed by atoms with Crippen molar-refractivity contribution in [3.8, 4) is 0 Å². The first-order valence-corrected chi connectivity index (χ1v) is 6.45. The molecule has 0 saturated carbocycles. The molecule has 0 aromatic heterocycles. The van der Waals surface area contributed by atoms with Crippen LogP contribution in [0, 0.1) is 6.92 Å². The van der Waals surface area contributed by atoms with Crippen LogP contribution in [0.1, 0.15) is 18.9 Å². The maximum Gasteiger partial charge on any atom is 0.226 e. The number of ether oxygens (including phenoxy) is 2. The van der Waals surface area contributed by atoms with Crippen LogP contribution in [0.15, 0.2) is 18.2 Å². The van der Waals surface area contributed by atoms with Gasteiger partial charge in [-0.3, -0.25) is 4.79 Å². The van der Waals surface area contributed by atoms with E-state index in [-0.39, 0.29) is 5.91 Å². The van der Waals surface area contributed by atoms with Gasteiger partial charge in [-0.05, 0) is 31.5 Å². The summed E-state index contributed by atoms with van der Waals surface area (Å²) in [5.41, 5.74) is 8.08. The number of benzene rings is 1. The van der Waals surface area contributed by atoms with Gasteiger partial charge < -0.3 is 20.5 Å². The van der Waals surface area contributed by atoms with Crippen LogP contribution in [-0.2, 0) is 14.3 Å². The summed E-state index contributed by atoms with van der Waals surface area (Å²) >= 11 is 0. The van der Waals surface area contributed by atoms with Crippen molar-refractivity contribution in [2.75, 3.05) is 37.5 Å². The second-order valence-corrected chi connectivity index (χ2v) is 4.13. The molecule has 0 radical (unpaired) electrons.